The van der Waals surface area contributed by atoms with Crippen molar-refractivity contribution in [2.45, 2.75) is 387 Å². The SMILES string of the molecule is CCCCCCCCCCCCCCCCCCCCCC(=O)O[C@H](COC(=O)CCCCCCCCCCC(C)CC)COP(=O)(O)OC[C@@H](O)COP(=O)(O)OC[C@@H](COC(=O)CCCCCCCCC(C)C)OC(=O)CCCCCCCCCCCCC. The van der Waals surface area contributed by atoms with Crippen molar-refractivity contribution in [1.82, 2.24) is 0 Å². The third-order valence-corrected chi connectivity index (χ3v) is 19.0. The molecule has 6 atom stereocenters. The van der Waals surface area contributed by atoms with Gasteiger partial charge in [0.05, 0.1) is 26.4 Å². The molecule has 3 N–H and O–H groups in total. The first-order chi connectivity index (χ1) is 43.9. The molecule has 0 spiro atoms. The molecule has 91 heavy (non-hydrogen) atoms. The van der Waals surface area contributed by atoms with E-state index in [4.69, 9.17) is 37.0 Å². The van der Waals surface area contributed by atoms with Gasteiger partial charge in [-0.3, -0.25) is 37.3 Å². The number of hydrogen-bond donors (Lipinski definition) is 3. The number of carbonyl (C=O) groups excluding carboxylic acids is 4. The van der Waals surface area contributed by atoms with E-state index in [1.165, 1.54) is 180 Å². The van der Waals surface area contributed by atoms with Crippen LogP contribution in [-0.4, -0.2) is 96.7 Å². The lowest BCUT2D eigenvalue weighted by Crippen LogP contribution is -2.30. The summed E-state index contributed by atoms with van der Waals surface area (Å²) in [4.78, 5) is 72.6. The third-order valence-electron chi connectivity index (χ3n) is 17.1. The molecule has 0 heterocycles. The maximum Gasteiger partial charge on any atom is 0.472 e. The second kappa shape index (κ2) is 64.1. The summed E-state index contributed by atoms with van der Waals surface area (Å²) in [5.41, 5.74) is 0. The molecule has 0 bridgehead atoms. The topological polar surface area (TPSA) is 237 Å². The van der Waals surface area contributed by atoms with Gasteiger partial charge in [0.25, 0.3) is 0 Å². The number of aliphatic hydroxyl groups excluding tert-OH is 1. The van der Waals surface area contributed by atoms with E-state index < -0.39 is 97.5 Å². The molecule has 0 saturated carbocycles. The van der Waals surface area contributed by atoms with Crippen LogP contribution in [0.15, 0.2) is 0 Å². The summed E-state index contributed by atoms with van der Waals surface area (Å²) < 4.78 is 68.3. The van der Waals surface area contributed by atoms with E-state index in [0.29, 0.717) is 31.6 Å². The maximum atomic E-state index is 13.0. The zero-order valence-electron chi connectivity index (χ0n) is 59.1. The van der Waals surface area contributed by atoms with Crippen LogP contribution in [0.25, 0.3) is 0 Å². The van der Waals surface area contributed by atoms with Crippen LogP contribution >= 0.6 is 15.6 Å². The lowest BCUT2D eigenvalue weighted by Gasteiger charge is -2.21. The first kappa shape index (κ1) is 89.1. The molecule has 3 unspecified atom stereocenters. The highest BCUT2D eigenvalue weighted by Gasteiger charge is 2.30. The molecule has 0 saturated heterocycles. The number of phosphoric acid groups is 2. The minimum Gasteiger partial charge on any atom is -0.462 e. The lowest BCUT2D eigenvalue weighted by atomic mass is 9.99. The minimum absolute atomic E-state index is 0.106. The molecular formula is C72H140O17P2. The van der Waals surface area contributed by atoms with Crippen molar-refractivity contribution >= 4 is 39.5 Å². The molecule has 0 aliphatic rings. The van der Waals surface area contributed by atoms with Gasteiger partial charge in [0.15, 0.2) is 12.2 Å². The molecule has 0 aliphatic carbocycles. The van der Waals surface area contributed by atoms with Crippen LogP contribution < -0.4 is 0 Å². The van der Waals surface area contributed by atoms with Crippen LogP contribution in [0.4, 0.5) is 0 Å². The van der Waals surface area contributed by atoms with Gasteiger partial charge in [-0.15, -0.1) is 0 Å². The minimum atomic E-state index is -4.95. The first-order valence-corrected chi connectivity index (χ1v) is 40.5. The van der Waals surface area contributed by atoms with Gasteiger partial charge in [-0.1, -0.05) is 318 Å². The Balaban J connectivity index is 5.21. The van der Waals surface area contributed by atoms with Gasteiger partial charge in [-0.05, 0) is 37.5 Å². The van der Waals surface area contributed by atoms with Gasteiger partial charge >= 0.3 is 39.5 Å². The molecule has 0 aromatic heterocycles. The standard InChI is InChI=1S/C72H140O17P2/c1-7-10-12-14-16-18-20-21-22-23-24-25-26-27-29-31-37-45-51-57-72(77)88-67(60-82-69(74)54-48-42-35-33-32-34-41-47-53-65(6)9-3)62-86-90(78,79)84-58-66(73)59-85-91(80,81)87-63-68(61-83-70(75)55-49-43-39-38-40-46-52-64(4)5)89-71(76)56-50-44-36-30-28-19-17-15-13-11-8-2/h64-68,73H,7-63H2,1-6H3,(H,78,79)(H,80,81)/t65?,66-,67-,68-/m1/s1. The Morgan fingerprint density at radius 3 is 0.835 bits per heavy atom. The Kier molecular flexibility index (Phi) is 62.7. The number of aliphatic hydroxyl groups is 1. The molecule has 0 aromatic rings. The average molecular weight is 1340 g/mol. The van der Waals surface area contributed by atoms with Gasteiger partial charge in [0.2, 0.25) is 0 Å². The third kappa shape index (κ3) is 65.1. The van der Waals surface area contributed by atoms with Gasteiger partial charge in [0.1, 0.15) is 19.3 Å². The molecule has 0 aromatic carbocycles. The van der Waals surface area contributed by atoms with Gasteiger partial charge in [-0.25, -0.2) is 9.13 Å². The van der Waals surface area contributed by atoms with Crippen molar-refractivity contribution in [2.75, 3.05) is 39.6 Å². The van der Waals surface area contributed by atoms with Crippen molar-refractivity contribution in [3.8, 4) is 0 Å². The maximum absolute atomic E-state index is 13.0. The number of ether oxygens (including phenoxy) is 4. The zero-order chi connectivity index (χ0) is 67.2. The van der Waals surface area contributed by atoms with Crippen molar-refractivity contribution < 1.29 is 80.2 Å². The molecular weight excluding hydrogens is 1200 g/mol. The summed E-state index contributed by atoms with van der Waals surface area (Å²) in [6.45, 7) is 9.48. The monoisotopic (exact) mass is 1340 g/mol. The van der Waals surface area contributed by atoms with Crippen LogP contribution in [0.3, 0.4) is 0 Å². The molecule has 0 aliphatic heterocycles. The highest BCUT2D eigenvalue weighted by Crippen LogP contribution is 2.45. The van der Waals surface area contributed by atoms with E-state index >= 15 is 0 Å². The quantitative estimate of drug-likeness (QED) is 0.0222. The summed E-state index contributed by atoms with van der Waals surface area (Å²) in [6.07, 6.45) is 50.1. The van der Waals surface area contributed by atoms with E-state index in [1.54, 1.807) is 0 Å². The zero-order valence-corrected chi connectivity index (χ0v) is 60.9. The lowest BCUT2D eigenvalue weighted by molar-refractivity contribution is -0.161. The van der Waals surface area contributed by atoms with E-state index in [9.17, 15) is 43.2 Å². The van der Waals surface area contributed by atoms with Crippen LogP contribution in [0.5, 0.6) is 0 Å². The number of hydrogen-bond acceptors (Lipinski definition) is 15. The molecule has 0 radical (unpaired) electrons. The predicted molar refractivity (Wildman–Crippen MR) is 368 cm³/mol. The molecule has 0 fully saturated rings. The van der Waals surface area contributed by atoms with Crippen LogP contribution in [0, 0.1) is 11.8 Å². The molecule has 19 heteroatoms. The van der Waals surface area contributed by atoms with Crippen molar-refractivity contribution in [1.29, 1.82) is 0 Å². The van der Waals surface area contributed by atoms with E-state index in [0.717, 1.165) is 102 Å². The normalized spacial score (nSPS) is 14.4. The summed E-state index contributed by atoms with van der Waals surface area (Å²) in [5.74, 6) is -0.667. The number of phosphoric ester groups is 2. The van der Waals surface area contributed by atoms with E-state index in [1.807, 2.05) is 0 Å². The van der Waals surface area contributed by atoms with E-state index in [-0.39, 0.29) is 25.7 Å². The van der Waals surface area contributed by atoms with Crippen LogP contribution in [0.2, 0.25) is 0 Å². The van der Waals surface area contributed by atoms with Crippen molar-refractivity contribution in [2.24, 2.45) is 11.8 Å². The summed E-state index contributed by atoms with van der Waals surface area (Å²) in [7, 11) is -9.90. The Morgan fingerprint density at radius 2 is 0.560 bits per heavy atom. The smallest absolute Gasteiger partial charge is 0.462 e. The average Bonchev–Trinajstić information content (AvgIpc) is 2.93. The van der Waals surface area contributed by atoms with Gasteiger partial charge in [0, 0.05) is 25.7 Å². The fourth-order valence-corrected chi connectivity index (χ4v) is 12.5. The highest BCUT2D eigenvalue weighted by atomic mass is 31.2. The van der Waals surface area contributed by atoms with Crippen molar-refractivity contribution in [3.63, 3.8) is 0 Å². The van der Waals surface area contributed by atoms with Crippen LogP contribution in [0.1, 0.15) is 369 Å². The van der Waals surface area contributed by atoms with E-state index in [2.05, 4.69) is 41.5 Å². The molecule has 17 nitrogen and oxygen atoms in total. The molecule has 0 amide bonds. The number of carbonyl (C=O) groups is 4. The fourth-order valence-electron chi connectivity index (χ4n) is 10.9. The number of unbranched alkanes of at least 4 members (excludes halogenated alkanes) is 40. The summed E-state index contributed by atoms with van der Waals surface area (Å²) >= 11 is 0. The summed E-state index contributed by atoms with van der Waals surface area (Å²) in [6, 6.07) is 0. The Labute approximate surface area is 556 Å². The Bertz CT molecular complexity index is 1770. The largest absolute Gasteiger partial charge is 0.472 e. The molecule has 0 rings (SSSR count). The number of esters is 4. The molecule has 540 valence electrons. The first-order valence-electron chi connectivity index (χ1n) is 37.5. The van der Waals surface area contributed by atoms with Crippen molar-refractivity contribution in [3.05, 3.63) is 0 Å². The second-order valence-electron chi connectivity index (χ2n) is 26.7. The van der Waals surface area contributed by atoms with Crippen LogP contribution in [-0.2, 0) is 65.4 Å². The van der Waals surface area contributed by atoms with Gasteiger partial charge < -0.3 is 33.8 Å². The highest BCUT2D eigenvalue weighted by molar-refractivity contribution is 7.47. The van der Waals surface area contributed by atoms with Gasteiger partial charge in [-0.2, -0.15) is 0 Å². The Morgan fingerprint density at radius 1 is 0.319 bits per heavy atom. The fraction of sp³-hybridized carbons (Fsp3) is 0.944. The Hall–Kier alpha value is -1.94. The number of rotatable bonds is 71. The second-order valence-corrected chi connectivity index (χ2v) is 29.6. The summed E-state index contributed by atoms with van der Waals surface area (Å²) in [5, 5.41) is 10.6. The predicted octanol–water partition coefficient (Wildman–Crippen LogP) is 20.8.